The number of benzene rings is 1. The Bertz CT molecular complexity index is 425. The van der Waals surface area contributed by atoms with Gasteiger partial charge in [-0.2, -0.15) is 0 Å². The van der Waals surface area contributed by atoms with Crippen molar-refractivity contribution in [1.82, 2.24) is 5.32 Å². The molecule has 0 aliphatic carbocycles. The lowest BCUT2D eigenvalue weighted by Crippen LogP contribution is -2.38. The molecule has 1 N–H and O–H groups in total. The smallest absolute Gasteiger partial charge is 0.0431 e. The molecule has 1 aliphatic heterocycles. The molecular weight excluding hydrogens is 232 g/mol. The van der Waals surface area contributed by atoms with Crippen LogP contribution in [0.1, 0.15) is 51.2 Å². The van der Waals surface area contributed by atoms with Crippen LogP contribution in [-0.2, 0) is 0 Å². The zero-order valence-corrected chi connectivity index (χ0v) is 13.0. The van der Waals surface area contributed by atoms with E-state index in [1.54, 1.807) is 0 Å². The summed E-state index contributed by atoms with van der Waals surface area (Å²) < 4.78 is 0. The predicted octanol–water partition coefficient (Wildman–Crippen LogP) is 3.70. The van der Waals surface area contributed by atoms with Crippen LogP contribution in [0.5, 0.6) is 0 Å². The number of para-hydroxylation sites is 1. The molecule has 1 aromatic carbocycles. The minimum Gasteiger partial charge on any atom is -0.369 e. The summed E-state index contributed by atoms with van der Waals surface area (Å²) >= 11 is 0. The van der Waals surface area contributed by atoms with E-state index in [4.69, 9.17) is 0 Å². The molecule has 2 unspecified atom stereocenters. The second-order valence-corrected chi connectivity index (χ2v) is 6.37. The molecule has 0 saturated carbocycles. The first-order valence-electron chi connectivity index (χ1n) is 7.59. The maximum Gasteiger partial charge on any atom is 0.0431 e. The Morgan fingerprint density at radius 3 is 2.63 bits per heavy atom. The molecule has 0 bridgehead atoms. The minimum atomic E-state index is 0.553. The highest BCUT2D eigenvalue weighted by molar-refractivity contribution is 5.60. The predicted molar refractivity (Wildman–Crippen MR) is 84.2 cm³/mol. The van der Waals surface area contributed by atoms with Crippen LogP contribution in [0.15, 0.2) is 18.2 Å². The Hall–Kier alpha value is -1.02. The SMILES string of the molecule is Cc1cccc(C(C)C)c1N1CCC(C)NC(C)C1. The number of anilines is 1. The first-order chi connectivity index (χ1) is 8.99. The fourth-order valence-corrected chi connectivity index (χ4v) is 3.18. The van der Waals surface area contributed by atoms with Gasteiger partial charge in [0.1, 0.15) is 0 Å². The largest absolute Gasteiger partial charge is 0.369 e. The number of rotatable bonds is 2. The molecule has 0 radical (unpaired) electrons. The van der Waals surface area contributed by atoms with Crippen molar-refractivity contribution in [2.75, 3.05) is 18.0 Å². The van der Waals surface area contributed by atoms with Crippen molar-refractivity contribution in [3.63, 3.8) is 0 Å². The second kappa shape index (κ2) is 5.96. The zero-order chi connectivity index (χ0) is 14.0. The highest BCUT2D eigenvalue weighted by atomic mass is 15.2. The number of aryl methyl sites for hydroxylation is 1. The van der Waals surface area contributed by atoms with Gasteiger partial charge in [-0.15, -0.1) is 0 Å². The van der Waals surface area contributed by atoms with E-state index in [-0.39, 0.29) is 0 Å². The van der Waals surface area contributed by atoms with E-state index in [2.05, 4.69) is 63.0 Å². The average molecular weight is 260 g/mol. The van der Waals surface area contributed by atoms with Gasteiger partial charge in [-0.3, -0.25) is 0 Å². The molecule has 1 saturated heterocycles. The van der Waals surface area contributed by atoms with Gasteiger partial charge in [0, 0.05) is 30.9 Å². The van der Waals surface area contributed by atoms with Crippen LogP contribution >= 0.6 is 0 Å². The number of nitrogens with one attached hydrogen (secondary N) is 1. The monoisotopic (exact) mass is 260 g/mol. The van der Waals surface area contributed by atoms with Crippen molar-refractivity contribution in [3.05, 3.63) is 29.3 Å². The third kappa shape index (κ3) is 3.30. The highest BCUT2D eigenvalue weighted by Crippen LogP contribution is 2.31. The average Bonchev–Trinajstić information content (AvgIpc) is 2.49. The van der Waals surface area contributed by atoms with E-state index in [9.17, 15) is 0 Å². The van der Waals surface area contributed by atoms with E-state index >= 15 is 0 Å². The van der Waals surface area contributed by atoms with Crippen LogP contribution in [-0.4, -0.2) is 25.2 Å². The van der Waals surface area contributed by atoms with Crippen LogP contribution in [0.25, 0.3) is 0 Å². The Morgan fingerprint density at radius 2 is 1.95 bits per heavy atom. The first kappa shape index (κ1) is 14.4. The molecule has 106 valence electrons. The number of hydrogen-bond donors (Lipinski definition) is 1. The van der Waals surface area contributed by atoms with E-state index in [0.717, 1.165) is 13.1 Å². The molecule has 1 aromatic rings. The topological polar surface area (TPSA) is 15.3 Å². The molecule has 1 aliphatic rings. The Morgan fingerprint density at radius 1 is 1.21 bits per heavy atom. The number of hydrogen-bond acceptors (Lipinski definition) is 2. The third-order valence-electron chi connectivity index (χ3n) is 4.10. The van der Waals surface area contributed by atoms with E-state index in [0.29, 0.717) is 18.0 Å². The summed E-state index contributed by atoms with van der Waals surface area (Å²) in [6.45, 7) is 13.7. The van der Waals surface area contributed by atoms with Crippen molar-refractivity contribution in [3.8, 4) is 0 Å². The van der Waals surface area contributed by atoms with Crippen molar-refractivity contribution < 1.29 is 0 Å². The minimum absolute atomic E-state index is 0.553. The van der Waals surface area contributed by atoms with Gasteiger partial charge in [-0.1, -0.05) is 32.0 Å². The van der Waals surface area contributed by atoms with Crippen molar-refractivity contribution in [2.24, 2.45) is 0 Å². The van der Waals surface area contributed by atoms with Gasteiger partial charge in [0.05, 0.1) is 0 Å². The molecule has 2 heteroatoms. The molecular formula is C17H28N2. The van der Waals surface area contributed by atoms with Crippen molar-refractivity contribution in [2.45, 2.75) is 59.0 Å². The molecule has 2 atom stereocenters. The van der Waals surface area contributed by atoms with Gasteiger partial charge in [0.25, 0.3) is 0 Å². The molecule has 1 fully saturated rings. The quantitative estimate of drug-likeness (QED) is 0.872. The van der Waals surface area contributed by atoms with E-state index in [1.165, 1.54) is 23.2 Å². The van der Waals surface area contributed by atoms with Crippen LogP contribution in [0.2, 0.25) is 0 Å². The van der Waals surface area contributed by atoms with Crippen LogP contribution < -0.4 is 10.2 Å². The van der Waals surface area contributed by atoms with Crippen LogP contribution in [0.3, 0.4) is 0 Å². The molecule has 0 aromatic heterocycles. The van der Waals surface area contributed by atoms with Crippen LogP contribution in [0.4, 0.5) is 5.69 Å². The van der Waals surface area contributed by atoms with Gasteiger partial charge < -0.3 is 10.2 Å². The fraction of sp³-hybridized carbons (Fsp3) is 0.647. The molecule has 2 nitrogen and oxygen atoms in total. The van der Waals surface area contributed by atoms with Crippen LogP contribution in [0, 0.1) is 6.92 Å². The summed E-state index contributed by atoms with van der Waals surface area (Å²) in [6, 6.07) is 7.90. The Labute approximate surface area is 118 Å². The van der Waals surface area contributed by atoms with Gasteiger partial charge in [0.2, 0.25) is 0 Å². The lowest BCUT2D eigenvalue weighted by atomic mass is 9.97. The molecule has 2 rings (SSSR count). The molecule has 0 spiro atoms. The Kier molecular flexibility index (Phi) is 4.51. The van der Waals surface area contributed by atoms with Crippen molar-refractivity contribution in [1.29, 1.82) is 0 Å². The van der Waals surface area contributed by atoms with E-state index in [1.807, 2.05) is 0 Å². The van der Waals surface area contributed by atoms with Gasteiger partial charge in [-0.05, 0) is 44.2 Å². The van der Waals surface area contributed by atoms with Crippen molar-refractivity contribution >= 4 is 5.69 Å². The summed E-state index contributed by atoms with van der Waals surface area (Å²) in [6.07, 6.45) is 1.22. The molecule has 1 heterocycles. The Balaban J connectivity index is 2.34. The lowest BCUT2D eigenvalue weighted by molar-refractivity contribution is 0.492. The summed E-state index contributed by atoms with van der Waals surface area (Å²) in [4.78, 5) is 2.59. The van der Waals surface area contributed by atoms with E-state index < -0.39 is 0 Å². The first-order valence-corrected chi connectivity index (χ1v) is 7.59. The molecule has 0 amide bonds. The summed E-state index contributed by atoms with van der Waals surface area (Å²) in [5, 5.41) is 3.67. The maximum atomic E-state index is 3.67. The lowest BCUT2D eigenvalue weighted by Gasteiger charge is -2.30. The number of nitrogens with zero attached hydrogens (tertiary/aromatic N) is 1. The highest BCUT2D eigenvalue weighted by Gasteiger charge is 2.22. The normalized spacial score (nSPS) is 24.6. The summed E-state index contributed by atoms with van der Waals surface area (Å²) in [7, 11) is 0. The third-order valence-corrected chi connectivity index (χ3v) is 4.10. The van der Waals surface area contributed by atoms with Gasteiger partial charge >= 0.3 is 0 Å². The van der Waals surface area contributed by atoms with Gasteiger partial charge in [-0.25, -0.2) is 0 Å². The summed E-state index contributed by atoms with van der Waals surface area (Å²) in [5.74, 6) is 0.582. The van der Waals surface area contributed by atoms with Gasteiger partial charge in [0.15, 0.2) is 0 Å². The molecule has 19 heavy (non-hydrogen) atoms. The second-order valence-electron chi connectivity index (χ2n) is 6.37. The zero-order valence-electron chi connectivity index (χ0n) is 13.0. The maximum absolute atomic E-state index is 3.67. The summed E-state index contributed by atoms with van der Waals surface area (Å²) in [5.41, 5.74) is 4.37. The standard InChI is InChI=1S/C17H28N2/c1-12(2)16-8-6-7-13(3)17(16)19-10-9-14(4)18-15(5)11-19/h6-8,12,14-15,18H,9-11H2,1-5H3. The fourth-order valence-electron chi connectivity index (χ4n) is 3.18.